The number of hydrogen-bond donors (Lipinski definition) is 1. The number of carboxylic acid groups (broad SMARTS) is 1. The van der Waals surface area contributed by atoms with Gasteiger partial charge in [-0.2, -0.15) is 0 Å². The lowest BCUT2D eigenvalue weighted by Gasteiger charge is -2.46. The first-order chi connectivity index (χ1) is 18.2. The van der Waals surface area contributed by atoms with E-state index in [1.54, 1.807) is 12.1 Å². The van der Waals surface area contributed by atoms with Gasteiger partial charge in [-0.1, -0.05) is 65.7 Å². The summed E-state index contributed by atoms with van der Waals surface area (Å²) in [5.74, 6) is -0.784. The molecule has 0 saturated carbocycles. The molecule has 1 spiro atoms. The Bertz CT molecular complexity index is 1600. The lowest BCUT2D eigenvalue weighted by molar-refractivity contribution is 0.0696. The number of hydrogen-bond acceptors (Lipinski definition) is 6. The van der Waals surface area contributed by atoms with E-state index in [1.165, 1.54) is 23.0 Å². The van der Waals surface area contributed by atoms with Crippen molar-refractivity contribution in [3.63, 3.8) is 0 Å². The lowest BCUT2D eigenvalue weighted by Crippen LogP contribution is -2.42. The van der Waals surface area contributed by atoms with Crippen molar-refractivity contribution < 1.29 is 18.8 Å². The molecule has 2 aromatic heterocycles. The van der Waals surface area contributed by atoms with Crippen molar-refractivity contribution in [2.75, 3.05) is 18.0 Å². The molecule has 0 atom stereocenters. The molecule has 10 heteroatoms. The molecule has 1 saturated heterocycles. The first-order valence-electron chi connectivity index (χ1n) is 12.4. The van der Waals surface area contributed by atoms with E-state index < -0.39 is 11.8 Å². The summed E-state index contributed by atoms with van der Waals surface area (Å²) in [6.07, 6.45) is 5.10. The Labute approximate surface area is 232 Å². The van der Waals surface area contributed by atoms with Crippen LogP contribution in [0, 0.1) is 11.2 Å². The van der Waals surface area contributed by atoms with Gasteiger partial charge in [0, 0.05) is 30.1 Å². The number of benzene rings is 2. The van der Waals surface area contributed by atoms with Gasteiger partial charge in [0.25, 0.3) is 0 Å². The minimum atomic E-state index is -1.15. The zero-order chi connectivity index (χ0) is 26.8. The van der Waals surface area contributed by atoms with Gasteiger partial charge in [0.15, 0.2) is 10.9 Å². The van der Waals surface area contributed by atoms with E-state index in [2.05, 4.69) is 35.0 Å². The fourth-order valence-electron chi connectivity index (χ4n) is 5.48. The average Bonchev–Trinajstić information content (AvgIpc) is 3.48. The number of anilines is 1. The van der Waals surface area contributed by atoms with Gasteiger partial charge in [0.2, 0.25) is 0 Å². The minimum absolute atomic E-state index is 0.0668. The number of halogens is 3. The van der Waals surface area contributed by atoms with Crippen molar-refractivity contribution in [1.82, 2.24) is 10.1 Å². The smallest absolute Gasteiger partial charge is 0.335 e. The molecule has 4 aromatic rings. The summed E-state index contributed by atoms with van der Waals surface area (Å²) >= 11 is 14.4. The number of piperidine rings is 1. The predicted octanol–water partition coefficient (Wildman–Crippen LogP) is 8.29. The van der Waals surface area contributed by atoms with E-state index in [-0.39, 0.29) is 22.4 Å². The van der Waals surface area contributed by atoms with Crippen LogP contribution in [0.5, 0.6) is 0 Å². The molecule has 0 unspecified atom stereocenters. The van der Waals surface area contributed by atoms with Crippen LogP contribution in [-0.4, -0.2) is 34.3 Å². The second-order valence-corrected chi connectivity index (χ2v) is 12.1. The second kappa shape index (κ2) is 9.36. The second-order valence-electron chi connectivity index (χ2n) is 10.3. The summed E-state index contributed by atoms with van der Waals surface area (Å²) in [5, 5.41) is 15.4. The third-order valence-electron chi connectivity index (χ3n) is 7.50. The van der Waals surface area contributed by atoms with Crippen molar-refractivity contribution in [2.24, 2.45) is 5.41 Å². The topological polar surface area (TPSA) is 79.5 Å². The summed E-state index contributed by atoms with van der Waals surface area (Å²) in [6, 6.07) is 7.94. The predicted molar refractivity (Wildman–Crippen MR) is 149 cm³/mol. The summed E-state index contributed by atoms with van der Waals surface area (Å²) in [5.41, 5.74) is 3.77. The maximum atomic E-state index is 14.5. The Morgan fingerprint density at radius 1 is 1.18 bits per heavy atom. The van der Waals surface area contributed by atoms with E-state index in [4.69, 9.17) is 27.7 Å². The number of carboxylic acids is 1. The van der Waals surface area contributed by atoms with Crippen LogP contribution >= 0.6 is 34.5 Å². The third kappa shape index (κ3) is 4.19. The van der Waals surface area contributed by atoms with Gasteiger partial charge >= 0.3 is 5.97 Å². The molecule has 38 heavy (non-hydrogen) atoms. The zero-order valence-corrected chi connectivity index (χ0v) is 23.1. The van der Waals surface area contributed by atoms with Crippen molar-refractivity contribution >= 4 is 61.4 Å². The van der Waals surface area contributed by atoms with Crippen molar-refractivity contribution in [2.45, 2.75) is 39.0 Å². The molecule has 1 N–H and O–H groups in total. The SMILES string of the molecule is CC(C)c1onc(-c2c(Cl)cccc2Cl)c1C1=CC2(CCN(c3nc4c(F)cc(C(=O)O)cc4s3)CC2)C1. The molecular weight excluding hydrogens is 548 g/mol. The number of thiazole rings is 1. The highest BCUT2D eigenvalue weighted by atomic mass is 35.5. The van der Waals surface area contributed by atoms with Crippen molar-refractivity contribution in [3.05, 3.63) is 69.2 Å². The van der Waals surface area contributed by atoms with Gasteiger partial charge in [-0.3, -0.25) is 0 Å². The maximum Gasteiger partial charge on any atom is 0.335 e. The monoisotopic (exact) mass is 571 g/mol. The Balaban J connectivity index is 1.26. The molecular formula is C28H24Cl2FN3O3S. The standard InChI is InChI=1S/C28H24Cl2FN3O3S/c1-14(2)25-21(24(33-37-25)22-17(29)4-3-5-18(22)30)16-12-28(13-16)6-8-34(9-7-28)27-32-23-19(31)10-15(26(35)36)11-20(23)38-27/h3-5,10-12,14H,6-9,13H2,1-2H3,(H,35,36). The molecule has 1 aliphatic heterocycles. The molecule has 0 bridgehead atoms. The molecule has 0 radical (unpaired) electrons. The molecule has 6 nitrogen and oxygen atoms in total. The van der Waals surface area contributed by atoms with Crippen LogP contribution < -0.4 is 4.90 Å². The van der Waals surface area contributed by atoms with Gasteiger partial charge < -0.3 is 14.5 Å². The molecule has 1 aliphatic carbocycles. The summed E-state index contributed by atoms with van der Waals surface area (Å²) in [6.45, 7) is 5.72. The van der Waals surface area contributed by atoms with Crippen molar-refractivity contribution in [1.29, 1.82) is 0 Å². The quantitative estimate of drug-likeness (QED) is 0.259. The highest BCUT2D eigenvalue weighted by Crippen LogP contribution is 2.54. The Hall–Kier alpha value is -2.94. The van der Waals surface area contributed by atoms with Gasteiger partial charge in [0.1, 0.15) is 17.0 Å². The minimum Gasteiger partial charge on any atom is -0.478 e. The Kier molecular flexibility index (Phi) is 6.24. The largest absolute Gasteiger partial charge is 0.478 e. The zero-order valence-electron chi connectivity index (χ0n) is 20.7. The van der Waals surface area contributed by atoms with E-state index >= 15 is 0 Å². The van der Waals surface area contributed by atoms with Crippen molar-refractivity contribution in [3.8, 4) is 11.3 Å². The van der Waals surface area contributed by atoms with Crippen LogP contribution in [0.25, 0.3) is 27.0 Å². The number of rotatable bonds is 5. The van der Waals surface area contributed by atoms with Gasteiger partial charge in [-0.25, -0.2) is 14.2 Å². The molecule has 1 fully saturated rings. The fraction of sp³-hybridized carbons (Fsp3) is 0.321. The number of nitrogens with zero attached hydrogens (tertiary/aromatic N) is 3. The normalized spacial score (nSPS) is 16.8. The molecule has 196 valence electrons. The number of carbonyl (C=O) groups is 1. The maximum absolute atomic E-state index is 14.5. The van der Waals surface area contributed by atoms with Crippen LogP contribution in [0.15, 0.2) is 40.9 Å². The lowest BCUT2D eigenvalue weighted by atomic mass is 9.63. The summed E-state index contributed by atoms with van der Waals surface area (Å²) in [7, 11) is 0. The molecule has 3 heterocycles. The highest BCUT2D eigenvalue weighted by molar-refractivity contribution is 7.22. The number of allylic oxidation sites excluding steroid dienone is 2. The molecule has 2 aliphatic rings. The van der Waals surface area contributed by atoms with Crippen LogP contribution in [0.2, 0.25) is 10.0 Å². The Morgan fingerprint density at radius 3 is 2.50 bits per heavy atom. The first-order valence-corrected chi connectivity index (χ1v) is 14.0. The number of fused-ring (bicyclic) bond motifs is 1. The molecule has 0 amide bonds. The number of aromatic carboxylic acids is 1. The van der Waals surface area contributed by atoms with Crippen LogP contribution in [0.1, 0.15) is 60.7 Å². The van der Waals surface area contributed by atoms with E-state index in [9.17, 15) is 14.3 Å². The van der Waals surface area contributed by atoms with Crippen LogP contribution in [0.3, 0.4) is 0 Å². The fourth-order valence-corrected chi connectivity index (χ4v) is 7.13. The summed E-state index contributed by atoms with van der Waals surface area (Å²) < 4.78 is 20.8. The summed E-state index contributed by atoms with van der Waals surface area (Å²) in [4.78, 5) is 18.0. The van der Waals surface area contributed by atoms with E-state index in [0.29, 0.717) is 26.0 Å². The Morgan fingerprint density at radius 2 is 1.87 bits per heavy atom. The highest BCUT2D eigenvalue weighted by Gasteiger charge is 2.43. The third-order valence-corrected chi connectivity index (χ3v) is 9.19. The molecule has 6 rings (SSSR count). The average molecular weight is 572 g/mol. The van der Waals surface area contributed by atoms with Gasteiger partial charge in [-0.15, -0.1) is 0 Å². The van der Waals surface area contributed by atoms with Crippen LogP contribution in [-0.2, 0) is 0 Å². The molecule has 2 aromatic carbocycles. The van der Waals surface area contributed by atoms with E-state index in [1.807, 2.05) is 6.07 Å². The first kappa shape index (κ1) is 25.3. The number of aromatic nitrogens is 2. The van der Waals surface area contributed by atoms with Gasteiger partial charge in [0.05, 0.1) is 20.3 Å². The van der Waals surface area contributed by atoms with Gasteiger partial charge in [-0.05, 0) is 54.5 Å². The van der Waals surface area contributed by atoms with E-state index in [0.717, 1.165) is 54.9 Å². The van der Waals surface area contributed by atoms with Crippen LogP contribution in [0.4, 0.5) is 9.52 Å².